The number of nitrogens with zero attached hydrogens (tertiary/aromatic N) is 4. The van der Waals surface area contributed by atoms with Gasteiger partial charge in [-0.1, -0.05) is 5.16 Å². The van der Waals surface area contributed by atoms with Crippen molar-refractivity contribution in [2.24, 2.45) is 12.8 Å². The molecule has 86 valence electrons. The van der Waals surface area contributed by atoms with Gasteiger partial charge in [0.1, 0.15) is 6.04 Å². The van der Waals surface area contributed by atoms with Gasteiger partial charge in [0.15, 0.2) is 5.82 Å². The van der Waals surface area contributed by atoms with Gasteiger partial charge in [0.05, 0.1) is 12.8 Å². The first-order valence-electron chi connectivity index (χ1n) is 4.88. The summed E-state index contributed by atoms with van der Waals surface area (Å²) < 4.78 is 6.66. The zero-order chi connectivity index (χ0) is 11.5. The molecular formula is C9H13N5O2. The number of aliphatic hydroxyl groups excluding tert-OH is 1. The quantitative estimate of drug-likeness (QED) is 0.716. The molecule has 16 heavy (non-hydrogen) atoms. The Labute approximate surface area is 91.9 Å². The average molecular weight is 223 g/mol. The molecule has 0 aromatic carbocycles. The van der Waals surface area contributed by atoms with Crippen LogP contribution in [0.4, 0.5) is 0 Å². The Bertz CT molecular complexity index is 464. The number of aryl methyl sites for hydroxylation is 1. The minimum atomic E-state index is -0.478. The molecule has 1 unspecified atom stereocenters. The SMILES string of the molecule is Cn1cc(C(N)c2nc(CCO)no2)cn1. The Kier molecular flexibility index (Phi) is 2.97. The Morgan fingerprint density at radius 2 is 2.44 bits per heavy atom. The fraction of sp³-hybridized carbons (Fsp3) is 0.444. The lowest BCUT2D eigenvalue weighted by Gasteiger charge is -2.01. The summed E-state index contributed by atoms with van der Waals surface area (Å²) in [5, 5.41) is 16.4. The Hall–Kier alpha value is -1.73. The number of nitrogens with two attached hydrogens (primary N) is 1. The van der Waals surface area contributed by atoms with Crippen LogP contribution in [0.1, 0.15) is 23.3 Å². The normalized spacial score (nSPS) is 12.9. The highest BCUT2D eigenvalue weighted by Gasteiger charge is 2.17. The van der Waals surface area contributed by atoms with Gasteiger partial charge in [-0.05, 0) is 0 Å². The van der Waals surface area contributed by atoms with Crippen molar-refractivity contribution in [1.29, 1.82) is 0 Å². The molecule has 0 saturated carbocycles. The van der Waals surface area contributed by atoms with Crippen molar-refractivity contribution in [3.63, 3.8) is 0 Å². The summed E-state index contributed by atoms with van der Waals surface area (Å²) in [6.07, 6.45) is 3.81. The van der Waals surface area contributed by atoms with E-state index in [0.29, 0.717) is 18.1 Å². The third kappa shape index (κ3) is 2.10. The predicted molar refractivity (Wildman–Crippen MR) is 54.3 cm³/mol. The van der Waals surface area contributed by atoms with E-state index in [9.17, 15) is 0 Å². The largest absolute Gasteiger partial charge is 0.396 e. The highest BCUT2D eigenvalue weighted by atomic mass is 16.5. The summed E-state index contributed by atoms with van der Waals surface area (Å²) in [6, 6.07) is -0.478. The molecular weight excluding hydrogens is 210 g/mol. The van der Waals surface area contributed by atoms with E-state index in [4.69, 9.17) is 15.4 Å². The molecule has 0 aliphatic carbocycles. The van der Waals surface area contributed by atoms with Gasteiger partial charge < -0.3 is 15.4 Å². The molecule has 0 aliphatic rings. The maximum absolute atomic E-state index is 8.72. The molecule has 0 saturated heterocycles. The average Bonchev–Trinajstić information content (AvgIpc) is 2.87. The zero-order valence-corrected chi connectivity index (χ0v) is 8.87. The van der Waals surface area contributed by atoms with Crippen LogP contribution in [0.2, 0.25) is 0 Å². The molecule has 7 heteroatoms. The molecule has 2 aromatic rings. The Balaban J connectivity index is 2.17. The van der Waals surface area contributed by atoms with Crippen LogP contribution in [0.3, 0.4) is 0 Å². The molecule has 0 bridgehead atoms. The van der Waals surface area contributed by atoms with Crippen molar-refractivity contribution in [3.05, 3.63) is 29.7 Å². The van der Waals surface area contributed by atoms with Crippen molar-refractivity contribution in [3.8, 4) is 0 Å². The number of hydrogen-bond donors (Lipinski definition) is 2. The van der Waals surface area contributed by atoms with Gasteiger partial charge in [0, 0.05) is 25.2 Å². The van der Waals surface area contributed by atoms with Crippen molar-refractivity contribution >= 4 is 0 Å². The third-order valence-electron chi connectivity index (χ3n) is 2.17. The Morgan fingerprint density at radius 1 is 1.62 bits per heavy atom. The second-order valence-corrected chi connectivity index (χ2v) is 3.45. The van der Waals surface area contributed by atoms with Gasteiger partial charge in [-0.15, -0.1) is 0 Å². The molecule has 3 N–H and O–H groups in total. The van der Waals surface area contributed by atoms with E-state index >= 15 is 0 Å². The summed E-state index contributed by atoms with van der Waals surface area (Å²) in [5.74, 6) is 0.785. The fourth-order valence-corrected chi connectivity index (χ4v) is 1.34. The predicted octanol–water partition coefficient (Wildman–Crippen LogP) is -0.614. The lowest BCUT2D eigenvalue weighted by atomic mass is 10.2. The first-order chi connectivity index (χ1) is 7.70. The number of aliphatic hydroxyl groups is 1. The van der Waals surface area contributed by atoms with E-state index in [1.807, 2.05) is 0 Å². The van der Waals surface area contributed by atoms with Crippen molar-refractivity contribution in [1.82, 2.24) is 19.9 Å². The second-order valence-electron chi connectivity index (χ2n) is 3.45. The van der Waals surface area contributed by atoms with E-state index in [0.717, 1.165) is 5.56 Å². The lowest BCUT2D eigenvalue weighted by Crippen LogP contribution is -2.11. The fourth-order valence-electron chi connectivity index (χ4n) is 1.34. The zero-order valence-electron chi connectivity index (χ0n) is 8.87. The van der Waals surface area contributed by atoms with E-state index in [2.05, 4.69) is 15.2 Å². The van der Waals surface area contributed by atoms with Crippen LogP contribution in [0, 0.1) is 0 Å². The summed E-state index contributed by atoms with van der Waals surface area (Å²) in [7, 11) is 1.81. The molecule has 2 aromatic heterocycles. The van der Waals surface area contributed by atoms with Crippen LogP contribution in [0.15, 0.2) is 16.9 Å². The molecule has 0 fully saturated rings. The third-order valence-corrected chi connectivity index (χ3v) is 2.17. The summed E-state index contributed by atoms with van der Waals surface area (Å²) >= 11 is 0. The van der Waals surface area contributed by atoms with Crippen molar-refractivity contribution in [2.45, 2.75) is 12.5 Å². The molecule has 2 heterocycles. The standard InChI is InChI=1S/C9H13N5O2/c1-14-5-6(4-11-14)8(10)9-12-7(2-3-15)13-16-9/h4-5,8,15H,2-3,10H2,1H3. The van der Waals surface area contributed by atoms with Gasteiger partial charge in [-0.25, -0.2) is 0 Å². The summed E-state index contributed by atoms with van der Waals surface area (Å²) in [4.78, 5) is 4.09. The number of aromatic nitrogens is 4. The van der Waals surface area contributed by atoms with Crippen LogP contribution >= 0.6 is 0 Å². The summed E-state index contributed by atoms with van der Waals surface area (Å²) in [6.45, 7) is -0.0128. The highest BCUT2D eigenvalue weighted by molar-refractivity contribution is 5.16. The first-order valence-corrected chi connectivity index (χ1v) is 4.88. The van der Waals surface area contributed by atoms with Gasteiger partial charge >= 0.3 is 0 Å². The van der Waals surface area contributed by atoms with Crippen LogP contribution in [-0.2, 0) is 13.5 Å². The molecule has 7 nitrogen and oxygen atoms in total. The van der Waals surface area contributed by atoms with Crippen LogP contribution < -0.4 is 5.73 Å². The van der Waals surface area contributed by atoms with E-state index in [-0.39, 0.29) is 6.61 Å². The smallest absolute Gasteiger partial charge is 0.248 e. The topological polar surface area (TPSA) is 103 Å². The van der Waals surface area contributed by atoms with Gasteiger partial charge in [-0.2, -0.15) is 10.1 Å². The number of rotatable bonds is 4. The molecule has 0 spiro atoms. The van der Waals surface area contributed by atoms with E-state index in [1.165, 1.54) is 0 Å². The van der Waals surface area contributed by atoms with Crippen molar-refractivity contribution in [2.75, 3.05) is 6.61 Å². The molecule has 0 amide bonds. The maximum atomic E-state index is 8.72. The van der Waals surface area contributed by atoms with E-state index in [1.54, 1.807) is 24.1 Å². The maximum Gasteiger partial charge on any atom is 0.248 e. The highest BCUT2D eigenvalue weighted by Crippen LogP contribution is 2.16. The molecule has 2 rings (SSSR count). The molecule has 0 radical (unpaired) electrons. The van der Waals surface area contributed by atoms with Gasteiger partial charge in [-0.3, -0.25) is 4.68 Å². The first kappa shape index (κ1) is 10.8. The summed E-state index contributed by atoms with van der Waals surface area (Å²) in [5.41, 5.74) is 6.73. The van der Waals surface area contributed by atoms with E-state index < -0.39 is 6.04 Å². The molecule has 1 atom stereocenters. The van der Waals surface area contributed by atoms with Crippen LogP contribution in [0.5, 0.6) is 0 Å². The van der Waals surface area contributed by atoms with Crippen molar-refractivity contribution < 1.29 is 9.63 Å². The van der Waals surface area contributed by atoms with Crippen LogP contribution in [0.25, 0.3) is 0 Å². The molecule has 0 aliphatic heterocycles. The van der Waals surface area contributed by atoms with Gasteiger partial charge in [0.2, 0.25) is 5.89 Å². The monoisotopic (exact) mass is 223 g/mol. The van der Waals surface area contributed by atoms with Gasteiger partial charge in [0.25, 0.3) is 0 Å². The van der Waals surface area contributed by atoms with Crippen LogP contribution in [-0.4, -0.2) is 31.6 Å². The minimum absolute atomic E-state index is 0.0128. The lowest BCUT2D eigenvalue weighted by molar-refractivity contribution is 0.292. The minimum Gasteiger partial charge on any atom is -0.396 e. The Morgan fingerprint density at radius 3 is 3.06 bits per heavy atom. The number of hydrogen-bond acceptors (Lipinski definition) is 6. The second kappa shape index (κ2) is 4.42.